The third-order valence-corrected chi connectivity index (χ3v) is 5.32. The maximum atomic E-state index is 12.5. The van der Waals surface area contributed by atoms with Crippen molar-refractivity contribution < 1.29 is 4.21 Å². The van der Waals surface area contributed by atoms with Crippen LogP contribution < -0.4 is 5.32 Å². The number of hydrogen-bond acceptors (Lipinski definition) is 2. The van der Waals surface area contributed by atoms with E-state index in [-0.39, 0.29) is 0 Å². The van der Waals surface area contributed by atoms with Crippen molar-refractivity contribution in [2.75, 3.05) is 12.8 Å². The molecule has 0 bridgehead atoms. The molecule has 1 N–H and O–H groups in total. The Bertz CT molecular complexity index is 606. The Morgan fingerprint density at radius 3 is 2.63 bits per heavy atom. The standard InChI is InChI=1S/C16H19NOS/c1-17-16(13-6-7-13)11-19(18)15-9-8-12-4-2-3-5-14(12)10-15/h2-5,8-10,13,16-17H,6-7,11H2,1H3. The first-order chi connectivity index (χ1) is 9.28. The van der Waals surface area contributed by atoms with Gasteiger partial charge in [0, 0.05) is 16.7 Å². The van der Waals surface area contributed by atoms with Gasteiger partial charge in [-0.25, -0.2) is 0 Å². The van der Waals surface area contributed by atoms with Crippen LogP contribution in [0.25, 0.3) is 10.8 Å². The van der Waals surface area contributed by atoms with E-state index in [4.69, 9.17) is 0 Å². The second kappa shape index (κ2) is 5.43. The lowest BCUT2D eigenvalue weighted by molar-refractivity contribution is 0.546. The van der Waals surface area contributed by atoms with Crippen molar-refractivity contribution in [2.24, 2.45) is 5.92 Å². The molecule has 0 spiro atoms. The predicted molar refractivity (Wildman–Crippen MR) is 80.8 cm³/mol. The number of fused-ring (bicyclic) bond motifs is 1. The second-order valence-electron chi connectivity index (χ2n) is 5.25. The SMILES string of the molecule is CNC(CS(=O)c1ccc2ccccc2c1)C1CC1. The molecule has 1 saturated carbocycles. The normalized spacial score (nSPS) is 18.4. The van der Waals surface area contributed by atoms with Crippen LogP contribution in [0.15, 0.2) is 47.4 Å². The summed E-state index contributed by atoms with van der Waals surface area (Å²) >= 11 is 0. The van der Waals surface area contributed by atoms with Gasteiger partial charge in [0.2, 0.25) is 0 Å². The van der Waals surface area contributed by atoms with Crippen molar-refractivity contribution in [1.82, 2.24) is 5.32 Å². The Morgan fingerprint density at radius 2 is 1.95 bits per heavy atom. The lowest BCUT2D eigenvalue weighted by Crippen LogP contribution is -2.33. The van der Waals surface area contributed by atoms with E-state index in [0.29, 0.717) is 6.04 Å². The molecule has 2 atom stereocenters. The van der Waals surface area contributed by atoms with Crippen molar-refractivity contribution in [2.45, 2.75) is 23.8 Å². The molecule has 0 amide bonds. The molecule has 19 heavy (non-hydrogen) atoms. The van der Waals surface area contributed by atoms with Crippen LogP contribution in [-0.4, -0.2) is 23.1 Å². The molecule has 0 aromatic heterocycles. The molecule has 0 heterocycles. The zero-order valence-corrected chi connectivity index (χ0v) is 12.0. The van der Waals surface area contributed by atoms with Gasteiger partial charge in [0.1, 0.15) is 0 Å². The summed E-state index contributed by atoms with van der Waals surface area (Å²) in [6.45, 7) is 0. The molecular weight excluding hydrogens is 254 g/mol. The summed E-state index contributed by atoms with van der Waals surface area (Å²) < 4.78 is 12.5. The molecule has 1 aliphatic rings. The van der Waals surface area contributed by atoms with E-state index in [0.717, 1.165) is 16.6 Å². The van der Waals surface area contributed by atoms with Gasteiger partial charge in [-0.2, -0.15) is 0 Å². The van der Waals surface area contributed by atoms with Crippen molar-refractivity contribution in [3.05, 3.63) is 42.5 Å². The third kappa shape index (κ3) is 2.88. The lowest BCUT2D eigenvalue weighted by Gasteiger charge is -2.14. The summed E-state index contributed by atoms with van der Waals surface area (Å²) in [6.07, 6.45) is 2.56. The van der Waals surface area contributed by atoms with Crippen molar-refractivity contribution in [1.29, 1.82) is 0 Å². The van der Waals surface area contributed by atoms with E-state index in [1.807, 2.05) is 25.2 Å². The number of rotatable bonds is 5. The van der Waals surface area contributed by atoms with Gasteiger partial charge in [0.05, 0.1) is 10.8 Å². The highest BCUT2D eigenvalue weighted by molar-refractivity contribution is 7.85. The van der Waals surface area contributed by atoms with Crippen LogP contribution in [0.1, 0.15) is 12.8 Å². The maximum absolute atomic E-state index is 12.5. The Hall–Kier alpha value is -1.19. The molecular formula is C16H19NOS. The fourth-order valence-corrected chi connectivity index (χ4v) is 3.96. The van der Waals surface area contributed by atoms with Gasteiger partial charge in [0.15, 0.2) is 0 Å². The quantitative estimate of drug-likeness (QED) is 0.907. The van der Waals surface area contributed by atoms with Crippen LogP contribution in [0.5, 0.6) is 0 Å². The smallest absolute Gasteiger partial charge is 0.0545 e. The van der Waals surface area contributed by atoms with E-state index in [1.54, 1.807) is 0 Å². The van der Waals surface area contributed by atoms with Crippen LogP contribution in [0, 0.1) is 5.92 Å². The van der Waals surface area contributed by atoms with Crippen LogP contribution in [0.3, 0.4) is 0 Å². The zero-order chi connectivity index (χ0) is 13.2. The molecule has 2 aromatic carbocycles. The Morgan fingerprint density at radius 1 is 1.21 bits per heavy atom. The summed E-state index contributed by atoms with van der Waals surface area (Å²) in [7, 11) is 1.06. The molecule has 1 aliphatic carbocycles. The Kier molecular flexibility index (Phi) is 3.67. The first-order valence-electron chi connectivity index (χ1n) is 6.82. The van der Waals surface area contributed by atoms with Gasteiger partial charge in [-0.1, -0.05) is 30.3 Å². The highest BCUT2D eigenvalue weighted by Gasteiger charge is 2.31. The van der Waals surface area contributed by atoms with Crippen LogP contribution in [0.2, 0.25) is 0 Å². The Balaban J connectivity index is 1.80. The highest BCUT2D eigenvalue weighted by Crippen LogP contribution is 2.33. The molecule has 0 radical (unpaired) electrons. The van der Waals surface area contributed by atoms with Gasteiger partial charge in [-0.05, 0) is 48.7 Å². The molecule has 3 heteroatoms. The van der Waals surface area contributed by atoms with Crippen LogP contribution >= 0.6 is 0 Å². The maximum Gasteiger partial charge on any atom is 0.0545 e. The molecule has 0 saturated heterocycles. The minimum atomic E-state index is -0.912. The lowest BCUT2D eigenvalue weighted by atomic mass is 10.1. The highest BCUT2D eigenvalue weighted by atomic mass is 32.2. The molecule has 3 rings (SSSR count). The first-order valence-corrected chi connectivity index (χ1v) is 8.14. The molecule has 2 unspecified atom stereocenters. The summed E-state index contributed by atoms with van der Waals surface area (Å²) in [4.78, 5) is 0.944. The van der Waals surface area contributed by atoms with Gasteiger partial charge >= 0.3 is 0 Å². The average molecular weight is 273 g/mol. The van der Waals surface area contributed by atoms with Crippen molar-refractivity contribution in [3.8, 4) is 0 Å². The van der Waals surface area contributed by atoms with Gasteiger partial charge in [0.25, 0.3) is 0 Å². The molecule has 1 fully saturated rings. The van der Waals surface area contributed by atoms with Gasteiger partial charge in [-0.3, -0.25) is 4.21 Å². The number of nitrogens with one attached hydrogen (secondary N) is 1. The van der Waals surface area contributed by atoms with E-state index in [2.05, 4.69) is 29.6 Å². The summed E-state index contributed by atoms with van der Waals surface area (Å²) in [5, 5.41) is 5.68. The van der Waals surface area contributed by atoms with Crippen LogP contribution in [0.4, 0.5) is 0 Å². The fraction of sp³-hybridized carbons (Fsp3) is 0.375. The fourth-order valence-electron chi connectivity index (χ4n) is 2.52. The van der Waals surface area contributed by atoms with Gasteiger partial charge in [-0.15, -0.1) is 0 Å². The molecule has 2 nitrogen and oxygen atoms in total. The van der Waals surface area contributed by atoms with E-state index < -0.39 is 10.8 Å². The summed E-state index contributed by atoms with van der Waals surface area (Å²) in [5.74, 6) is 1.45. The number of hydrogen-bond donors (Lipinski definition) is 1. The molecule has 2 aromatic rings. The van der Waals surface area contributed by atoms with E-state index >= 15 is 0 Å². The minimum Gasteiger partial charge on any atom is -0.316 e. The van der Waals surface area contributed by atoms with Crippen molar-refractivity contribution in [3.63, 3.8) is 0 Å². The topological polar surface area (TPSA) is 29.1 Å². The number of benzene rings is 2. The first kappa shape index (κ1) is 12.8. The van der Waals surface area contributed by atoms with Crippen molar-refractivity contribution >= 4 is 21.6 Å². The van der Waals surface area contributed by atoms with Gasteiger partial charge < -0.3 is 5.32 Å². The summed E-state index contributed by atoms with van der Waals surface area (Å²) in [6, 6.07) is 14.7. The van der Waals surface area contributed by atoms with E-state index in [9.17, 15) is 4.21 Å². The predicted octanol–water partition coefficient (Wildman–Crippen LogP) is 2.95. The molecule has 100 valence electrons. The zero-order valence-electron chi connectivity index (χ0n) is 11.1. The largest absolute Gasteiger partial charge is 0.316 e. The Labute approximate surface area is 116 Å². The second-order valence-corrected chi connectivity index (χ2v) is 6.75. The van der Waals surface area contributed by atoms with E-state index in [1.165, 1.54) is 23.6 Å². The average Bonchev–Trinajstić information content (AvgIpc) is 3.28. The minimum absolute atomic E-state index is 0.396. The van der Waals surface area contributed by atoms with Crippen LogP contribution in [-0.2, 0) is 10.8 Å². The summed E-state index contributed by atoms with van der Waals surface area (Å²) in [5.41, 5.74) is 0. The molecule has 0 aliphatic heterocycles. The third-order valence-electron chi connectivity index (χ3n) is 3.88. The monoisotopic (exact) mass is 273 g/mol.